The van der Waals surface area contributed by atoms with Gasteiger partial charge in [0.05, 0.1) is 0 Å². The lowest BCUT2D eigenvalue weighted by molar-refractivity contribution is 0.281. The Labute approximate surface area is 140 Å². The minimum Gasteiger partial charge on any atom is -0.379 e. The van der Waals surface area contributed by atoms with Gasteiger partial charge in [-0.25, -0.2) is 0 Å². The summed E-state index contributed by atoms with van der Waals surface area (Å²) < 4.78 is 0. The Morgan fingerprint density at radius 1 is 0.957 bits per heavy atom. The van der Waals surface area contributed by atoms with Crippen LogP contribution >= 0.6 is 0 Å². The van der Waals surface area contributed by atoms with E-state index >= 15 is 0 Å². The summed E-state index contributed by atoms with van der Waals surface area (Å²) in [5.74, 6) is 0.667. The number of hydrogen-bond acceptors (Lipinski definition) is 1. The molecule has 0 radical (unpaired) electrons. The molecule has 2 aromatic rings. The second kappa shape index (κ2) is 6.03. The molecule has 1 aliphatic heterocycles. The van der Waals surface area contributed by atoms with E-state index in [1.807, 2.05) is 0 Å². The Morgan fingerprint density at radius 3 is 2.52 bits per heavy atom. The molecule has 1 spiro atoms. The second-order valence-electron chi connectivity index (χ2n) is 7.61. The lowest BCUT2D eigenvalue weighted by Gasteiger charge is -2.46. The minimum atomic E-state index is 0.359. The first kappa shape index (κ1) is 14.8. The Hall–Kier alpha value is -1.76. The van der Waals surface area contributed by atoms with Crippen molar-refractivity contribution in [1.82, 2.24) is 0 Å². The molecule has 1 atom stereocenters. The van der Waals surface area contributed by atoms with Crippen molar-refractivity contribution < 1.29 is 0 Å². The van der Waals surface area contributed by atoms with Gasteiger partial charge in [0.2, 0.25) is 0 Å². The third kappa shape index (κ3) is 2.89. The van der Waals surface area contributed by atoms with Crippen molar-refractivity contribution in [2.45, 2.75) is 63.3 Å². The Morgan fingerprint density at radius 2 is 1.74 bits per heavy atom. The molecule has 1 aliphatic carbocycles. The van der Waals surface area contributed by atoms with Gasteiger partial charge in [0.1, 0.15) is 0 Å². The van der Waals surface area contributed by atoms with E-state index in [0.717, 1.165) is 6.42 Å². The topological polar surface area (TPSA) is 12.0 Å². The van der Waals surface area contributed by atoms with Gasteiger partial charge in [-0.05, 0) is 48.3 Å². The van der Waals surface area contributed by atoms with Gasteiger partial charge in [0, 0.05) is 11.2 Å². The maximum absolute atomic E-state index is 4.03. The molecule has 0 saturated heterocycles. The SMILES string of the molecule is C[C@H]1CC2(CCCCC2)Nc2c(Cc3ccccc3)cccc21. The molecule has 1 heterocycles. The predicted octanol–water partition coefficient (Wildman–Crippen LogP) is 5.90. The zero-order chi connectivity index (χ0) is 15.7. The Kier molecular flexibility index (Phi) is 3.88. The third-order valence-electron chi connectivity index (χ3n) is 5.85. The molecule has 2 aliphatic rings. The predicted molar refractivity (Wildman–Crippen MR) is 98.2 cm³/mol. The fourth-order valence-corrected chi connectivity index (χ4v) is 4.72. The zero-order valence-electron chi connectivity index (χ0n) is 14.1. The molecule has 4 rings (SSSR count). The molecule has 23 heavy (non-hydrogen) atoms. The van der Waals surface area contributed by atoms with E-state index in [4.69, 9.17) is 0 Å². The molecule has 2 aromatic carbocycles. The first-order chi connectivity index (χ1) is 11.3. The molecule has 1 nitrogen and oxygen atoms in total. The van der Waals surface area contributed by atoms with Crippen LogP contribution in [0.25, 0.3) is 0 Å². The van der Waals surface area contributed by atoms with Crippen LogP contribution < -0.4 is 5.32 Å². The molecule has 0 aromatic heterocycles. The molecule has 1 heteroatoms. The lowest BCUT2D eigenvalue weighted by Crippen LogP contribution is -2.44. The molecular formula is C22H27N. The van der Waals surface area contributed by atoms with E-state index in [2.05, 4.69) is 60.8 Å². The fraction of sp³-hybridized carbons (Fsp3) is 0.455. The Balaban J connectivity index is 1.69. The number of para-hydroxylation sites is 1. The highest BCUT2D eigenvalue weighted by molar-refractivity contribution is 5.63. The van der Waals surface area contributed by atoms with Crippen LogP contribution in [0.15, 0.2) is 48.5 Å². The van der Waals surface area contributed by atoms with Crippen molar-refractivity contribution in [2.24, 2.45) is 0 Å². The quantitative estimate of drug-likeness (QED) is 0.728. The number of benzene rings is 2. The number of hydrogen-bond donors (Lipinski definition) is 1. The molecule has 0 amide bonds. The van der Waals surface area contributed by atoms with Crippen LogP contribution in [0.5, 0.6) is 0 Å². The second-order valence-corrected chi connectivity index (χ2v) is 7.61. The van der Waals surface area contributed by atoms with Gasteiger partial charge in [0.25, 0.3) is 0 Å². The van der Waals surface area contributed by atoms with Gasteiger partial charge < -0.3 is 5.32 Å². The van der Waals surface area contributed by atoms with Crippen molar-refractivity contribution in [3.05, 3.63) is 65.2 Å². The van der Waals surface area contributed by atoms with E-state index in [0.29, 0.717) is 11.5 Å². The molecular weight excluding hydrogens is 278 g/mol. The van der Waals surface area contributed by atoms with Crippen molar-refractivity contribution >= 4 is 5.69 Å². The highest BCUT2D eigenvalue weighted by Gasteiger charge is 2.38. The summed E-state index contributed by atoms with van der Waals surface area (Å²) in [6.07, 6.45) is 9.20. The van der Waals surface area contributed by atoms with Gasteiger partial charge >= 0.3 is 0 Å². The van der Waals surface area contributed by atoms with E-state index in [1.54, 1.807) is 0 Å². The maximum atomic E-state index is 4.03. The average molecular weight is 305 g/mol. The fourth-order valence-electron chi connectivity index (χ4n) is 4.72. The zero-order valence-corrected chi connectivity index (χ0v) is 14.1. The molecule has 0 bridgehead atoms. The van der Waals surface area contributed by atoms with Crippen LogP contribution in [0.2, 0.25) is 0 Å². The van der Waals surface area contributed by atoms with E-state index in [-0.39, 0.29) is 0 Å². The van der Waals surface area contributed by atoms with Gasteiger partial charge in [-0.15, -0.1) is 0 Å². The molecule has 120 valence electrons. The first-order valence-electron chi connectivity index (χ1n) is 9.20. The van der Waals surface area contributed by atoms with Gasteiger partial charge in [-0.2, -0.15) is 0 Å². The molecule has 0 unspecified atom stereocenters. The normalized spacial score (nSPS) is 22.4. The van der Waals surface area contributed by atoms with E-state index in [1.165, 1.54) is 60.9 Å². The van der Waals surface area contributed by atoms with Crippen molar-refractivity contribution in [1.29, 1.82) is 0 Å². The highest BCUT2D eigenvalue weighted by Crippen LogP contribution is 2.46. The van der Waals surface area contributed by atoms with Gasteiger partial charge in [0.15, 0.2) is 0 Å². The number of rotatable bonds is 2. The monoisotopic (exact) mass is 305 g/mol. The lowest BCUT2D eigenvalue weighted by atomic mass is 9.71. The summed E-state index contributed by atoms with van der Waals surface area (Å²) >= 11 is 0. The Bertz CT molecular complexity index is 668. The smallest absolute Gasteiger partial charge is 0.0415 e. The minimum absolute atomic E-state index is 0.359. The van der Waals surface area contributed by atoms with Crippen LogP contribution in [0.1, 0.15) is 68.1 Å². The molecule has 1 N–H and O–H groups in total. The van der Waals surface area contributed by atoms with Crippen LogP contribution in [0.3, 0.4) is 0 Å². The summed E-state index contributed by atoms with van der Waals surface area (Å²) in [6, 6.07) is 17.7. The summed E-state index contributed by atoms with van der Waals surface area (Å²) in [7, 11) is 0. The average Bonchev–Trinajstić information content (AvgIpc) is 2.57. The van der Waals surface area contributed by atoms with Crippen LogP contribution in [-0.4, -0.2) is 5.54 Å². The van der Waals surface area contributed by atoms with Crippen LogP contribution in [0.4, 0.5) is 5.69 Å². The van der Waals surface area contributed by atoms with E-state index in [9.17, 15) is 0 Å². The van der Waals surface area contributed by atoms with Crippen LogP contribution in [-0.2, 0) is 6.42 Å². The standard InChI is InChI=1S/C22H27N/c1-17-16-22(13-6-3-7-14-22)23-21-19(11-8-12-20(17)21)15-18-9-4-2-5-10-18/h2,4-5,8-12,17,23H,3,6-7,13-16H2,1H3/t17-/m0/s1. The summed E-state index contributed by atoms with van der Waals surface area (Å²) in [4.78, 5) is 0. The van der Waals surface area contributed by atoms with E-state index < -0.39 is 0 Å². The summed E-state index contributed by atoms with van der Waals surface area (Å²) in [5.41, 5.74) is 6.19. The largest absolute Gasteiger partial charge is 0.379 e. The summed E-state index contributed by atoms with van der Waals surface area (Å²) in [6.45, 7) is 2.42. The maximum Gasteiger partial charge on any atom is 0.0415 e. The first-order valence-corrected chi connectivity index (χ1v) is 9.20. The van der Waals surface area contributed by atoms with Gasteiger partial charge in [-0.1, -0.05) is 74.7 Å². The summed E-state index contributed by atoms with van der Waals surface area (Å²) in [5, 5.41) is 4.03. The van der Waals surface area contributed by atoms with Crippen molar-refractivity contribution in [3.63, 3.8) is 0 Å². The third-order valence-corrected chi connectivity index (χ3v) is 5.85. The van der Waals surface area contributed by atoms with Crippen LogP contribution in [0, 0.1) is 0 Å². The van der Waals surface area contributed by atoms with Crippen molar-refractivity contribution in [2.75, 3.05) is 5.32 Å². The number of fused-ring (bicyclic) bond motifs is 1. The van der Waals surface area contributed by atoms with Gasteiger partial charge in [-0.3, -0.25) is 0 Å². The number of anilines is 1. The number of nitrogens with one attached hydrogen (secondary N) is 1. The molecule has 1 saturated carbocycles. The highest BCUT2D eigenvalue weighted by atomic mass is 15.0. The van der Waals surface area contributed by atoms with Crippen molar-refractivity contribution in [3.8, 4) is 0 Å². The molecule has 1 fully saturated rings.